The Morgan fingerprint density at radius 2 is 1.75 bits per heavy atom. The van der Waals surface area contributed by atoms with Crippen molar-refractivity contribution in [1.29, 1.82) is 0 Å². The lowest BCUT2D eigenvalue weighted by Crippen LogP contribution is -2.36. The van der Waals surface area contributed by atoms with Crippen molar-refractivity contribution < 1.29 is 22.0 Å². The Morgan fingerprint density at radius 1 is 1.08 bits per heavy atom. The summed E-state index contributed by atoms with van der Waals surface area (Å²) in [6.07, 6.45) is 0.978. The molecule has 2 rings (SSSR count). The van der Waals surface area contributed by atoms with Gasteiger partial charge in [-0.05, 0) is 35.9 Å². The molecule has 0 spiro atoms. The Balaban J connectivity index is 2.08. The highest BCUT2D eigenvalue weighted by molar-refractivity contribution is 7.88. The molecule has 0 saturated carbocycles. The van der Waals surface area contributed by atoms with E-state index in [9.17, 15) is 22.0 Å². The molecule has 0 heterocycles. The molecular weight excluding hydrogens is 338 g/mol. The van der Waals surface area contributed by atoms with Crippen LogP contribution in [0.3, 0.4) is 0 Å². The molecule has 2 aromatic rings. The Kier molecular flexibility index (Phi) is 5.63. The van der Waals surface area contributed by atoms with Crippen LogP contribution in [0.5, 0.6) is 0 Å². The molecule has 24 heavy (non-hydrogen) atoms. The van der Waals surface area contributed by atoms with E-state index in [2.05, 4.69) is 5.32 Å². The number of anilines is 1. The van der Waals surface area contributed by atoms with Crippen LogP contribution in [0.15, 0.2) is 48.5 Å². The van der Waals surface area contributed by atoms with Crippen LogP contribution in [-0.4, -0.2) is 31.4 Å². The summed E-state index contributed by atoms with van der Waals surface area (Å²) in [5, 5.41) is 2.44. The molecule has 1 amide bonds. The van der Waals surface area contributed by atoms with Crippen LogP contribution >= 0.6 is 0 Å². The fourth-order valence-corrected chi connectivity index (χ4v) is 2.75. The van der Waals surface area contributed by atoms with Gasteiger partial charge in [0.1, 0.15) is 11.6 Å². The van der Waals surface area contributed by atoms with Crippen LogP contribution < -0.4 is 5.32 Å². The Labute approximate surface area is 139 Å². The van der Waals surface area contributed by atoms with E-state index in [0.29, 0.717) is 5.56 Å². The smallest absolute Gasteiger partial charge is 0.239 e. The van der Waals surface area contributed by atoms with Crippen LogP contribution in [0.1, 0.15) is 5.56 Å². The van der Waals surface area contributed by atoms with E-state index in [4.69, 9.17) is 0 Å². The van der Waals surface area contributed by atoms with Crippen LogP contribution in [0.2, 0.25) is 0 Å². The van der Waals surface area contributed by atoms with Crippen molar-refractivity contribution in [3.8, 4) is 0 Å². The fourth-order valence-electron chi connectivity index (χ4n) is 2.01. The standard InChI is InChI=1S/C16H16F2N2O3S/c1-24(22,23)20(10-12-5-7-13(17)8-6-12)11-16(21)19-15-4-2-3-14(18)9-15/h2-9H,10-11H2,1H3,(H,19,21). The van der Waals surface area contributed by atoms with Crippen molar-refractivity contribution in [3.05, 3.63) is 65.7 Å². The lowest BCUT2D eigenvalue weighted by Gasteiger charge is -2.19. The molecule has 0 aromatic heterocycles. The van der Waals surface area contributed by atoms with Gasteiger partial charge in [-0.3, -0.25) is 4.79 Å². The van der Waals surface area contributed by atoms with Crippen molar-refractivity contribution in [2.75, 3.05) is 18.1 Å². The van der Waals surface area contributed by atoms with E-state index in [1.165, 1.54) is 42.5 Å². The summed E-state index contributed by atoms with van der Waals surface area (Å²) in [7, 11) is -3.66. The van der Waals surface area contributed by atoms with Gasteiger partial charge in [0, 0.05) is 12.2 Å². The lowest BCUT2D eigenvalue weighted by molar-refractivity contribution is -0.116. The quantitative estimate of drug-likeness (QED) is 0.866. The molecule has 0 aliphatic heterocycles. The van der Waals surface area contributed by atoms with Gasteiger partial charge in [-0.25, -0.2) is 17.2 Å². The highest BCUT2D eigenvalue weighted by atomic mass is 32.2. The summed E-state index contributed by atoms with van der Waals surface area (Å²) in [6, 6.07) is 10.6. The minimum Gasteiger partial charge on any atom is -0.325 e. The second kappa shape index (κ2) is 7.50. The molecule has 0 aliphatic carbocycles. The average Bonchev–Trinajstić information content (AvgIpc) is 2.48. The van der Waals surface area contributed by atoms with Crippen molar-refractivity contribution >= 4 is 21.6 Å². The van der Waals surface area contributed by atoms with Gasteiger partial charge in [0.15, 0.2) is 0 Å². The van der Waals surface area contributed by atoms with E-state index < -0.39 is 34.1 Å². The molecule has 5 nitrogen and oxygen atoms in total. The Bertz CT molecular complexity index is 823. The van der Waals surface area contributed by atoms with E-state index in [1.807, 2.05) is 0 Å². The second-order valence-corrected chi connectivity index (χ2v) is 7.20. The number of amides is 1. The number of carbonyl (C=O) groups is 1. The average molecular weight is 354 g/mol. The fraction of sp³-hybridized carbons (Fsp3) is 0.188. The topological polar surface area (TPSA) is 66.5 Å². The third-order valence-electron chi connectivity index (χ3n) is 3.17. The molecule has 0 bridgehead atoms. The van der Waals surface area contributed by atoms with E-state index >= 15 is 0 Å². The minimum absolute atomic E-state index is 0.0737. The zero-order chi connectivity index (χ0) is 17.7. The normalized spacial score (nSPS) is 11.5. The van der Waals surface area contributed by atoms with E-state index in [-0.39, 0.29) is 12.2 Å². The maximum absolute atomic E-state index is 13.1. The maximum atomic E-state index is 13.1. The van der Waals surface area contributed by atoms with Gasteiger partial charge in [0.2, 0.25) is 15.9 Å². The third kappa shape index (κ3) is 5.39. The zero-order valence-corrected chi connectivity index (χ0v) is 13.7. The summed E-state index contributed by atoms with van der Waals surface area (Å²) in [5.41, 5.74) is 0.774. The van der Waals surface area contributed by atoms with Crippen LogP contribution in [-0.2, 0) is 21.4 Å². The summed E-state index contributed by atoms with van der Waals surface area (Å²) in [6.45, 7) is -0.512. The highest BCUT2D eigenvalue weighted by Gasteiger charge is 2.20. The minimum atomic E-state index is -3.66. The molecule has 0 saturated heterocycles. The maximum Gasteiger partial charge on any atom is 0.239 e. The van der Waals surface area contributed by atoms with Gasteiger partial charge in [-0.15, -0.1) is 0 Å². The number of hydrogen-bond acceptors (Lipinski definition) is 3. The molecule has 8 heteroatoms. The summed E-state index contributed by atoms with van der Waals surface area (Å²) >= 11 is 0. The number of benzene rings is 2. The van der Waals surface area contributed by atoms with Gasteiger partial charge in [0.25, 0.3) is 0 Å². The van der Waals surface area contributed by atoms with Gasteiger partial charge < -0.3 is 5.32 Å². The first-order valence-electron chi connectivity index (χ1n) is 6.99. The molecule has 0 atom stereocenters. The SMILES string of the molecule is CS(=O)(=O)N(CC(=O)Nc1cccc(F)c1)Cc1ccc(F)cc1. The first-order valence-corrected chi connectivity index (χ1v) is 8.84. The number of hydrogen-bond donors (Lipinski definition) is 1. The van der Waals surface area contributed by atoms with Crippen LogP contribution in [0.25, 0.3) is 0 Å². The first-order chi connectivity index (χ1) is 11.2. The molecule has 0 fully saturated rings. The third-order valence-corrected chi connectivity index (χ3v) is 4.37. The Hall–Kier alpha value is -2.32. The Morgan fingerprint density at radius 3 is 2.33 bits per heavy atom. The molecule has 1 N–H and O–H groups in total. The molecule has 0 radical (unpaired) electrons. The predicted octanol–water partition coefficient (Wildman–Crippen LogP) is 2.37. The largest absolute Gasteiger partial charge is 0.325 e. The van der Waals surface area contributed by atoms with Crippen molar-refractivity contribution in [2.45, 2.75) is 6.54 Å². The summed E-state index contributed by atoms with van der Waals surface area (Å²) in [4.78, 5) is 12.0. The summed E-state index contributed by atoms with van der Waals surface area (Å²) < 4.78 is 50.7. The van der Waals surface area contributed by atoms with Crippen LogP contribution in [0, 0.1) is 11.6 Å². The number of nitrogens with zero attached hydrogens (tertiary/aromatic N) is 1. The zero-order valence-electron chi connectivity index (χ0n) is 12.9. The van der Waals surface area contributed by atoms with E-state index in [0.717, 1.165) is 16.6 Å². The van der Waals surface area contributed by atoms with Crippen molar-refractivity contribution in [2.24, 2.45) is 0 Å². The predicted molar refractivity (Wildman–Crippen MR) is 86.7 cm³/mol. The van der Waals surface area contributed by atoms with Gasteiger partial charge in [-0.1, -0.05) is 18.2 Å². The van der Waals surface area contributed by atoms with Crippen LogP contribution in [0.4, 0.5) is 14.5 Å². The lowest BCUT2D eigenvalue weighted by atomic mass is 10.2. The van der Waals surface area contributed by atoms with Gasteiger partial charge in [-0.2, -0.15) is 4.31 Å². The first kappa shape index (κ1) is 18.0. The van der Waals surface area contributed by atoms with Crippen molar-refractivity contribution in [3.63, 3.8) is 0 Å². The molecule has 0 unspecified atom stereocenters. The molecule has 128 valence electrons. The number of nitrogens with one attached hydrogen (secondary N) is 1. The monoisotopic (exact) mass is 354 g/mol. The number of sulfonamides is 1. The highest BCUT2D eigenvalue weighted by Crippen LogP contribution is 2.12. The molecule has 0 aliphatic rings. The van der Waals surface area contributed by atoms with Gasteiger partial charge >= 0.3 is 0 Å². The molecule has 2 aromatic carbocycles. The second-order valence-electron chi connectivity index (χ2n) is 5.22. The number of halogens is 2. The van der Waals surface area contributed by atoms with E-state index in [1.54, 1.807) is 0 Å². The van der Waals surface area contributed by atoms with Crippen molar-refractivity contribution in [1.82, 2.24) is 4.31 Å². The summed E-state index contributed by atoms with van der Waals surface area (Å²) in [5.74, 6) is -1.55. The number of carbonyl (C=O) groups excluding carboxylic acids is 1. The molecular formula is C16H16F2N2O3S. The van der Waals surface area contributed by atoms with Gasteiger partial charge in [0.05, 0.1) is 12.8 Å². The number of rotatable bonds is 6.